The molecule has 2 heterocycles. The van der Waals surface area contributed by atoms with Gasteiger partial charge >= 0.3 is 0 Å². The first-order chi connectivity index (χ1) is 8.16. The first kappa shape index (κ1) is 13.0. The van der Waals surface area contributed by atoms with E-state index in [0.29, 0.717) is 10.6 Å². The van der Waals surface area contributed by atoms with Gasteiger partial charge < -0.3 is 5.32 Å². The summed E-state index contributed by atoms with van der Waals surface area (Å²) in [5.74, 6) is 1.96. The van der Waals surface area contributed by atoms with E-state index in [0.717, 1.165) is 18.6 Å². The Hall–Kier alpha value is -0.450. The lowest BCUT2D eigenvalue weighted by Gasteiger charge is -2.22. The zero-order valence-electron chi connectivity index (χ0n) is 9.08. The third-order valence-electron chi connectivity index (χ3n) is 2.56. The van der Waals surface area contributed by atoms with E-state index in [9.17, 15) is 4.79 Å². The third kappa shape index (κ3) is 3.50. The lowest BCUT2D eigenvalue weighted by Crippen LogP contribution is -2.38. The maximum absolute atomic E-state index is 12.0. The minimum Gasteiger partial charge on any atom is -0.348 e. The summed E-state index contributed by atoms with van der Waals surface area (Å²) in [6, 6.07) is 1.72. The van der Waals surface area contributed by atoms with Crippen LogP contribution in [0.1, 0.15) is 23.2 Å². The van der Waals surface area contributed by atoms with Gasteiger partial charge in [0.1, 0.15) is 5.15 Å². The molecule has 1 aromatic heterocycles. The Morgan fingerprint density at radius 1 is 1.53 bits per heavy atom. The van der Waals surface area contributed by atoms with E-state index in [1.54, 1.807) is 0 Å². The molecule has 0 aliphatic carbocycles. The Labute approximate surface area is 114 Å². The van der Waals surface area contributed by atoms with Crippen LogP contribution in [0.2, 0.25) is 10.2 Å². The van der Waals surface area contributed by atoms with Crippen molar-refractivity contribution < 1.29 is 4.79 Å². The third-order valence-corrected chi connectivity index (χ3v) is 4.29. The van der Waals surface area contributed by atoms with E-state index < -0.39 is 0 Å². The van der Waals surface area contributed by atoms with Crippen molar-refractivity contribution in [2.45, 2.75) is 18.9 Å². The number of carbonyl (C=O) groups is 1. The van der Waals surface area contributed by atoms with Gasteiger partial charge in [0, 0.05) is 18.0 Å². The predicted molar refractivity (Wildman–Crippen MR) is 72.1 cm³/mol. The van der Waals surface area contributed by atoms with Gasteiger partial charge in [-0.3, -0.25) is 4.79 Å². The lowest BCUT2D eigenvalue weighted by molar-refractivity contribution is 0.0938. The molecule has 2 rings (SSSR count). The molecule has 0 spiro atoms. The summed E-state index contributed by atoms with van der Waals surface area (Å²) in [5, 5.41) is 3.58. The number of thioether (sulfide) groups is 1. The zero-order valence-corrected chi connectivity index (χ0v) is 11.4. The molecular formula is C11H12Cl2N2OS. The van der Waals surface area contributed by atoms with Crippen LogP contribution in [0.4, 0.5) is 0 Å². The lowest BCUT2D eigenvalue weighted by atomic mass is 10.1. The van der Waals surface area contributed by atoms with Crippen molar-refractivity contribution in [3.8, 4) is 0 Å². The molecule has 92 valence electrons. The van der Waals surface area contributed by atoms with Crippen molar-refractivity contribution in [3.63, 3.8) is 0 Å². The van der Waals surface area contributed by atoms with E-state index in [1.807, 2.05) is 11.8 Å². The van der Waals surface area contributed by atoms with Crippen LogP contribution in [0.15, 0.2) is 12.3 Å². The zero-order chi connectivity index (χ0) is 12.3. The second-order valence-electron chi connectivity index (χ2n) is 3.87. The molecule has 1 aliphatic heterocycles. The first-order valence-electron chi connectivity index (χ1n) is 5.36. The Balaban J connectivity index is 2.05. The first-order valence-corrected chi connectivity index (χ1v) is 7.27. The van der Waals surface area contributed by atoms with Gasteiger partial charge in [-0.1, -0.05) is 23.2 Å². The van der Waals surface area contributed by atoms with Gasteiger partial charge in [0.25, 0.3) is 5.91 Å². The number of carbonyl (C=O) groups excluding carboxylic acids is 1. The Morgan fingerprint density at radius 2 is 2.35 bits per heavy atom. The average molecular weight is 291 g/mol. The van der Waals surface area contributed by atoms with Gasteiger partial charge in [-0.15, -0.1) is 0 Å². The largest absolute Gasteiger partial charge is 0.348 e. The number of nitrogens with one attached hydrogen (secondary N) is 1. The summed E-state index contributed by atoms with van der Waals surface area (Å²) in [6.45, 7) is 0. The van der Waals surface area contributed by atoms with Gasteiger partial charge in [-0.2, -0.15) is 11.8 Å². The fourth-order valence-electron chi connectivity index (χ4n) is 1.70. The molecule has 0 radical (unpaired) electrons. The average Bonchev–Trinajstić information content (AvgIpc) is 2.33. The molecule has 3 nitrogen and oxygen atoms in total. The maximum atomic E-state index is 12.0. The number of rotatable bonds is 2. The standard InChI is InChI=1S/C11H12Cl2N2OS/c12-9-5-14-10(13)4-8(9)11(16)15-7-2-1-3-17-6-7/h4-5,7H,1-3,6H2,(H,15,16). The summed E-state index contributed by atoms with van der Waals surface area (Å²) in [4.78, 5) is 15.8. The quantitative estimate of drug-likeness (QED) is 0.852. The van der Waals surface area contributed by atoms with Crippen molar-refractivity contribution in [3.05, 3.63) is 28.0 Å². The van der Waals surface area contributed by atoms with Gasteiger partial charge in [0.15, 0.2) is 0 Å². The second-order valence-corrected chi connectivity index (χ2v) is 5.82. The van der Waals surface area contributed by atoms with Crippen molar-refractivity contribution in [2.24, 2.45) is 0 Å². The molecule has 1 N–H and O–H groups in total. The molecule has 1 saturated heterocycles. The molecule has 1 unspecified atom stereocenters. The minimum absolute atomic E-state index is 0.174. The predicted octanol–water partition coefficient (Wildman–Crippen LogP) is 3.01. The summed E-state index contributed by atoms with van der Waals surface area (Å²) in [7, 11) is 0. The molecule has 6 heteroatoms. The molecule has 0 aromatic carbocycles. The highest BCUT2D eigenvalue weighted by Gasteiger charge is 2.18. The van der Waals surface area contributed by atoms with E-state index >= 15 is 0 Å². The van der Waals surface area contributed by atoms with Gasteiger partial charge in [0.05, 0.1) is 10.6 Å². The maximum Gasteiger partial charge on any atom is 0.253 e. The molecule has 17 heavy (non-hydrogen) atoms. The number of aromatic nitrogens is 1. The minimum atomic E-state index is -0.174. The van der Waals surface area contributed by atoms with Gasteiger partial charge in [-0.25, -0.2) is 4.98 Å². The number of amides is 1. The van der Waals surface area contributed by atoms with Crippen LogP contribution in [0, 0.1) is 0 Å². The SMILES string of the molecule is O=C(NC1CCCSC1)c1cc(Cl)ncc1Cl. The number of nitrogens with zero attached hydrogens (tertiary/aromatic N) is 1. The van der Waals surface area contributed by atoms with E-state index in [4.69, 9.17) is 23.2 Å². The van der Waals surface area contributed by atoms with Crippen LogP contribution in [0.25, 0.3) is 0 Å². The van der Waals surface area contributed by atoms with Crippen molar-refractivity contribution in [2.75, 3.05) is 11.5 Å². The fourth-order valence-corrected chi connectivity index (χ4v) is 3.12. The Kier molecular flexibility index (Phi) is 4.54. The summed E-state index contributed by atoms with van der Waals surface area (Å²) in [6.07, 6.45) is 3.56. The molecule has 0 bridgehead atoms. The molecule has 1 fully saturated rings. The Morgan fingerprint density at radius 3 is 3.06 bits per heavy atom. The van der Waals surface area contributed by atoms with Crippen LogP contribution < -0.4 is 5.32 Å². The highest BCUT2D eigenvalue weighted by atomic mass is 35.5. The van der Waals surface area contributed by atoms with Crippen molar-refractivity contribution in [1.82, 2.24) is 10.3 Å². The van der Waals surface area contributed by atoms with Crippen molar-refractivity contribution >= 4 is 40.9 Å². The van der Waals surface area contributed by atoms with Crippen LogP contribution in [-0.4, -0.2) is 28.4 Å². The highest BCUT2D eigenvalue weighted by Crippen LogP contribution is 2.20. The summed E-state index contributed by atoms with van der Waals surface area (Å²) >= 11 is 13.5. The molecular weight excluding hydrogens is 279 g/mol. The van der Waals surface area contributed by atoms with Crippen LogP contribution in [0.3, 0.4) is 0 Å². The van der Waals surface area contributed by atoms with Crippen LogP contribution >= 0.6 is 35.0 Å². The number of hydrogen-bond acceptors (Lipinski definition) is 3. The second kappa shape index (κ2) is 5.94. The monoisotopic (exact) mass is 290 g/mol. The Bertz CT molecular complexity index is 422. The van der Waals surface area contributed by atoms with Gasteiger partial charge in [-0.05, 0) is 24.7 Å². The van der Waals surface area contributed by atoms with E-state index in [2.05, 4.69) is 10.3 Å². The van der Waals surface area contributed by atoms with Gasteiger partial charge in [0.2, 0.25) is 0 Å². The highest BCUT2D eigenvalue weighted by molar-refractivity contribution is 7.99. The summed E-state index contributed by atoms with van der Waals surface area (Å²) < 4.78 is 0. The van der Waals surface area contributed by atoms with E-state index in [1.165, 1.54) is 18.0 Å². The fraction of sp³-hybridized carbons (Fsp3) is 0.455. The van der Waals surface area contributed by atoms with Crippen LogP contribution in [0.5, 0.6) is 0 Å². The number of halogens is 2. The van der Waals surface area contributed by atoms with E-state index in [-0.39, 0.29) is 17.1 Å². The molecule has 1 atom stereocenters. The molecule has 1 aromatic rings. The topological polar surface area (TPSA) is 42.0 Å². The summed E-state index contributed by atoms with van der Waals surface area (Å²) in [5.41, 5.74) is 0.391. The molecule has 1 amide bonds. The molecule has 0 saturated carbocycles. The normalized spacial score (nSPS) is 20.0. The number of pyridine rings is 1. The number of hydrogen-bond donors (Lipinski definition) is 1. The molecule has 1 aliphatic rings. The smallest absolute Gasteiger partial charge is 0.253 e. The van der Waals surface area contributed by atoms with Crippen LogP contribution in [-0.2, 0) is 0 Å². The van der Waals surface area contributed by atoms with Crippen molar-refractivity contribution in [1.29, 1.82) is 0 Å².